The Balaban J connectivity index is 2.45. The average molecular weight is 213 g/mol. The zero-order valence-electron chi connectivity index (χ0n) is 9.99. The van der Waals surface area contributed by atoms with E-state index >= 15 is 0 Å². The van der Waals surface area contributed by atoms with E-state index in [1.165, 1.54) is 12.8 Å². The molecule has 1 unspecified atom stereocenters. The molecule has 0 heterocycles. The van der Waals surface area contributed by atoms with Crippen LogP contribution in [0.4, 0.5) is 0 Å². The van der Waals surface area contributed by atoms with Gasteiger partial charge in [-0.1, -0.05) is 13.8 Å². The second-order valence-corrected chi connectivity index (χ2v) is 4.84. The zero-order chi connectivity index (χ0) is 11.4. The Bertz CT molecular complexity index is 214. The second-order valence-electron chi connectivity index (χ2n) is 4.84. The van der Waals surface area contributed by atoms with E-state index in [9.17, 15) is 4.79 Å². The molecule has 0 aromatic rings. The fourth-order valence-corrected chi connectivity index (χ4v) is 1.78. The molecule has 1 rings (SSSR count). The van der Waals surface area contributed by atoms with Crippen LogP contribution in [0.1, 0.15) is 40.0 Å². The Hall–Kier alpha value is -0.610. The highest BCUT2D eigenvalue weighted by Crippen LogP contribution is 2.29. The van der Waals surface area contributed by atoms with Gasteiger partial charge in [0, 0.05) is 6.04 Å². The van der Waals surface area contributed by atoms with Gasteiger partial charge in [0.2, 0.25) is 0 Å². The van der Waals surface area contributed by atoms with Gasteiger partial charge in [-0.25, -0.2) is 5.84 Å². The Labute approximate surface area is 92.2 Å². The molecular formula is C11H23N3O. The summed E-state index contributed by atoms with van der Waals surface area (Å²) < 4.78 is 0. The molecule has 0 aromatic carbocycles. The molecule has 0 aliphatic heterocycles. The Morgan fingerprint density at radius 2 is 2.07 bits per heavy atom. The minimum atomic E-state index is -0.0961. The highest BCUT2D eigenvalue weighted by Gasteiger charge is 2.34. The van der Waals surface area contributed by atoms with E-state index in [0.717, 1.165) is 13.0 Å². The molecule has 1 aliphatic carbocycles. The molecule has 0 spiro atoms. The highest BCUT2D eigenvalue weighted by atomic mass is 16.2. The highest BCUT2D eigenvalue weighted by molar-refractivity contribution is 5.80. The molecule has 15 heavy (non-hydrogen) atoms. The topological polar surface area (TPSA) is 58.4 Å². The number of hydrogen-bond donors (Lipinski definition) is 2. The largest absolute Gasteiger partial charge is 0.293 e. The van der Waals surface area contributed by atoms with E-state index in [4.69, 9.17) is 5.84 Å². The van der Waals surface area contributed by atoms with Crippen LogP contribution >= 0.6 is 0 Å². The molecule has 88 valence electrons. The third-order valence-corrected chi connectivity index (χ3v) is 3.00. The van der Waals surface area contributed by atoms with Crippen LogP contribution in [0.3, 0.4) is 0 Å². The Kier molecular flexibility index (Phi) is 4.54. The van der Waals surface area contributed by atoms with Crippen molar-refractivity contribution in [1.82, 2.24) is 10.3 Å². The lowest BCUT2D eigenvalue weighted by atomic mass is 10.1. The van der Waals surface area contributed by atoms with Gasteiger partial charge in [0.05, 0.1) is 6.04 Å². The number of carbonyl (C=O) groups excluding carboxylic acids is 1. The molecule has 0 aromatic heterocycles. The minimum Gasteiger partial charge on any atom is -0.293 e. The van der Waals surface area contributed by atoms with Crippen LogP contribution in [0.2, 0.25) is 0 Å². The standard InChI is InChI=1S/C11H23N3O/c1-8(2)6-7-14(10-4-5-10)9(3)11(15)13-12/h8-10H,4-7,12H2,1-3H3,(H,13,15). The van der Waals surface area contributed by atoms with Crippen LogP contribution in [0.15, 0.2) is 0 Å². The summed E-state index contributed by atoms with van der Waals surface area (Å²) in [6, 6.07) is 0.511. The number of amides is 1. The molecule has 0 bridgehead atoms. The van der Waals surface area contributed by atoms with Crippen molar-refractivity contribution in [3.63, 3.8) is 0 Å². The number of nitrogens with zero attached hydrogens (tertiary/aromatic N) is 1. The van der Waals surface area contributed by atoms with Crippen LogP contribution in [-0.4, -0.2) is 29.4 Å². The van der Waals surface area contributed by atoms with Crippen LogP contribution in [-0.2, 0) is 4.79 Å². The maximum Gasteiger partial charge on any atom is 0.250 e. The van der Waals surface area contributed by atoms with Crippen molar-refractivity contribution in [1.29, 1.82) is 0 Å². The summed E-state index contributed by atoms with van der Waals surface area (Å²) in [4.78, 5) is 13.7. The second kappa shape index (κ2) is 5.47. The monoisotopic (exact) mass is 213 g/mol. The first-order valence-electron chi connectivity index (χ1n) is 5.82. The average Bonchev–Trinajstić information content (AvgIpc) is 3.00. The summed E-state index contributed by atoms with van der Waals surface area (Å²) >= 11 is 0. The number of carbonyl (C=O) groups is 1. The van der Waals surface area contributed by atoms with Gasteiger partial charge in [0.1, 0.15) is 0 Å². The van der Waals surface area contributed by atoms with Gasteiger partial charge >= 0.3 is 0 Å². The van der Waals surface area contributed by atoms with Gasteiger partial charge in [-0.2, -0.15) is 0 Å². The van der Waals surface area contributed by atoms with Crippen molar-refractivity contribution in [3.05, 3.63) is 0 Å². The van der Waals surface area contributed by atoms with E-state index in [-0.39, 0.29) is 11.9 Å². The van der Waals surface area contributed by atoms with E-state index in [1.807, 2.05) is 6.92 Å². The molecule has 0 saturated heterocycles. The normalized spacial score (nSPS) is 18.3. The maximum atomic E-state index is 11.5. The first-order chi connectivity index (χ1) is 7.06. The van der Waals surface area contributed by atoms with Crippen molar-refractivity contribution < 1.29 is 4.79 Å². The first-order valence-corrected chi connectivity index (χ1v) is 5.82. The first kappa shape index (κ1) is 12.5. The molecule has 1 aliphatic rings. The summed E-state index contributed by atoms with van der Waals surface area (Å²) in [5, 5.41) is 0. The molecule has 1 amide bonds. The Morgan fingerprint density at radius 1 is 1.47 bits per heavy atom. The van der Waals surface area contributed by atoms with Gasteiger partial charge in [-0.3, -0.25) is 15.1 Å². The predicted molar refractivity (Wildman–Crippen MR) is 61.0 cm³/mol. The Morgan fingerprint density at radius 3 is 2.47 bits per heavy atom. The molecule has 4 nitrogen and oxygen atoms in total. The molecule has 1 fully saturated rings. The van der Waals surface area contributed by atoms with Crippen LogP contribution in [0, 0.1) is 5.92 Å². The lowest BCUT2D eigenvalue weighted by Crippen LogP contribution is -2.48. The third-order valence-electron chi connectivity index (χ3n) is 3.00. The minimum absolute atomic E-state index is 0.0781. The number of nitrogens with two attached hydrogens (primary N) is 1. The fourth-order valence-electron chi connectivity index (χ4n) is 1.78. The quantitative estimate of drug-likeness (QED) is 0.391. The van der Waals surface area contributed by atoms with Crippen molar-refractivity contribution in [2.75, 3.05) is 6.54 Å². The van der Waals surface area contributed by atoms with Crippen molar-refractivity contribution in [3.8, 4) is 0 Å². The van der Waals surface area contributed by atoms with Gasteiger partial charge in [0.15, 0.2) is 0 Å². The predicted octanol–water partition coefficient (Wildman–Crippen LogP) is 0.875. The number of nitrogens with one attached hydrogen (secondary N) is 1. The number of hydrogen-bond acceptors (Lipinski definition) is 3. The third kappa shape index (κ3) is 3.80. The summed E-state index contributed by atoms with van der Waals surface area (Å²) in [5.41, 5.74) is 2.23. The van der Waals surface area contributed by atoms with E-state index < -0.39 is 0 Å². The SMILES string of the molecule is CC(C)CCN(C1CC1)C(C)C(=O)NN. The number of hydrazine groups is 1. The van der Waals surface area contributed by atoms with E-state index in [0.29, 0.717) is 12.0 Å². The van der Waals surface area contributed by atoms with Crippen molar-refractivity contribution in [2.45, 2.75) is 52.1 Å². The van der Waals surface area contributed by atoms with Crippen molar-refractivity contribution in [2.24, 2.45) is 11.8 Å². The van der Waals surface area contributed by atoms with Crippen LogP contribution < -0.4 is 11.3 Å². The lowest BCUT2D eigenvalue weighted by molar-refractivity contribution is -0.126. The molecule has 3 N–H and O–H groups in total. The summed E-state index contributed by atoms with van der Waals surface area (Å²) in [6.45, 7) is 7.34. The maximum absolute atomic E-state index is 11.5. The summed E-state index contributed by atoms with van der Waals surface area (Å²) in [7, 11) is 0. The molecular weight excluding hydrogens is 190 g/mol. The zero-order valence-corrected chi connectivity index (χ0v) is 9.99. The van der Waals surface area contributed by atoms with Crippen LogP contribution in [0.5, 0.6) is 0 Å². The molecule has 1 saturated carbocycles. The van der Waals surface area contributed by atoms with Gasteiger partial charge < -0.3 is 0 Å². The molecule has 1 atom stereocenters. The van der Waals surface area contributed by atoms with E-state index in [2.05, 4.69) is 24.2 Å². The molecule has 4 heteroatoms. The molecule has 0 radical (unpaired) electrons. The lowest BCUT2D eigenvalue weighted by Gasteiger charge is -2.28. The van der Waals surface area contributed by atoms with Crippen molar-refractivity contribution >= 4 is 5.91 Å². The van der Waals surface area contributed by atoms with Gasteiger partial charge in [-0.05, 0) is 38.6 Å². The number of rotatable bonds is 6. The van der Waals surface area contributed by atoms with E-state index in [1.54, 1.807) is 0 Å². The summed E-state index contributed by atoms with van der Waals surface area (Å²) in [5.74, 6) is 5.76. The van der Waals surface area contributed by atoms with Crippen LogP contribution in [0.25, 0.3) is 0 Å². The smallest absolute Gasteiger partial charge is 0.250 e. The van der Waals surface area contributed by atoms with Gasteiger partial charge in [-0.15, -0.1) is 0 Å². The van der Waals surface area contributed by atoms with Gasteiger partial charge in [0.25, 0.3) is 5.91 Å². The summed E-state index contributed by atoms with van der Waals surface area (Å²) in [6.07, 6.45) is 3.58. The fraction of sp³-hybridized carbons (Fsp3) is 0.909.